The molecule has 1 aliphatic heterocycles. The highest BCUT2D eigenvalue weighted by atomic mass is 32.2. The van der Waals surface area contributed by atoms with Crippen molar-refractivity contribution in [1.29, 1.82) is 0 Å². The van der Waals surface area contributed by atoms with Crippen LogP contribution in [0.25, 0.3) is 10.7 Å². The number of nitro groups is 1. The number of rotatable bonds is 6. The Morgan fingerprint density at radius 2 is 2.31 bits per heavy atom. The molecule has 1 saturated heterocycles. The summed E-state index contributed by atoms with van der Waals surface area (Å²) in [6.45, 7) is 1.47. The smallest absolute Gasteiger partial charge is 0.363 e. The van der Waals surface area contributed by atoms with Crippen LogP contribution in [0.4, 0.5) is 5.82 Å². The quantitative estimate of drug-likeness (QED) is 0.469. The Labute approximate surface area is 157 Å². The van der Waals surface area contributed by atoms with Crippen LogP contribution in [0.15, 0.2) is 45.9 Å². The fourth-order valence-corrected chi connectivity index (χ4v) is 4.28. The highest BCUT2D eigenvalue weighted by Gasteiger charge is 2.22. The van der Waals surface area contributed by atoms with E-state index in [0.29, 0.717) is 6.54 Å². The van der Waals surface area contributed by atoms with Gasteiger partial charge >= 0.3 is 5.82 Å². The van der Waals surface area contributed by atoms with Crippen molar-refractivity contribution in [1.82, 2.24) is 19.7 Å². The minimum atomic E-state index is -0.511. The molecule has 0 saturated carbocycles. The Bertz CT molecular complexity index is 889. The van der Waals surface area contributed by atoms with Gasteiger partial charge in [0.2, 0.25) is 0 Å². The fraction of sp³-hybridized carbons (Fsp3) is 0.312. The topological polar surface area (TPSA) is 96.0 Å². The summed E-state index contributed by atoms with van der Waals surface area (Å²) in [5.41, 5.74) is 0. The third kappa shape index (κ3) is 3.62. The van der Waals surface area contributed by atoms with E-state index in [1.807, 2.05) is 17.5 Å². The van der Waals surface area contributed by atoms with Crippen LogP contribution < -0.4 is 0 Å². The number of nitrogens with zero attached hydrogens (tertiary/aromatic N) is 5. The van der Waals surface area contributed by atoms with Gasteiger partial charge in [-0.15, -0.1) is 21.5 Å². The molecular formula is C16H15N5O3S2. The van der Waals surface area contributed by atoms with E-state index in [2.05, 4.69) is 19.7 Å². The molecular weight excluding hydrogens is 374 g/mol. The van der Waals surface area contributed by atoms with Gasteiger partial charge in [-0.3, -0.25) is 4.57 Å². The molecule has 0 amide bonds. The standard InChI is InChI=1S/C16H15N5O3S2/c22-21(23)14-6-5-12(9-17-14)26-16-19-18-15(13-4-2-8-25-13)20(16)10-11-3-1-7-24-11/h2,4-6,8-9,11H,1,3,7,10H2/t11-/m0/s1. The molecule has 3 aromatic heterocycles. The molecule has 4 rings (SSSR count). The molecule has 0 radical (unpaired) electrons. The zero-order valence-electron chi connectivity index (χ0n) is 13.6. The predicted molar refractivity (Wildman–Crippen MR) is 97.3 cm³/mol. The zero-order chi connectivity index (χ0) is 17.9. The van der Waals surface area contributed by atoms with Crippen LogP contribution in [0.3, 0.4) is 0 Å². The van der Waals surface area contributed by atoms with Crippen LogP contribution in [0.2, 0.25) is 0 Å². The van der Waals surface area contributed by atoms with Crippen molar-refractivity contribution in [3.63, 3.8) is 0 Å². The van der Waals surface area contributed by atoms with Gasteiger partial charge in [-0.1, -0.05) is 6.07 Å². The molecule has 8 nitrogen and oxygen atoms in total. The molecule has 0 aliphatic carbocycles. The number of hydrogen-bond acceptors (Lipinski definition) is 8. The first-order valence-corrected chi connectivity index (χ1v) is 9.77. The van der Waals surface area contributed by atoms with Crippen LogP contribution >= 0.6 is 23.1 Å². The molecule has 1 atom stereocenters. The molecule has 4 heterocycles. The molecule has 1 aliphatic rings. The second-order valence-corrected chi connectivity index (χ2v) is 7.73. The zero-order valence-corrected chi connectivity index (χ0v) is 15.3. The van der Waals surface area contributed by atoms with Gasteiger partial charge in [0.15, 0.2) is 17.2 Å². The summed E-state index contributed by atoms with van der Waals surface area (Å²) in [5, 5.41) is 22.2. The highest BCUT2D eigenvalue weighted by molar-refractivity contribution is 7.99. The first-order chi connectivity index (χ1) is 12.7. The number of pyridine rings is 1. The highest BCUT2D eigenvalue weighted by Crippen LogP contribution is 2.32. The Morgan fingerprint density at radius 3 is 2.96 bits per heavy atom. The van der Waals surface area contributed by atoms with Crippen LogP contribution in [0.5, 0.6) is 0 Å². The van der Waals surface area contributed by atoms with Gasteiger partial charge in [0.1, 0.15) is 0 Å². The van der Waals surface area contributed by atoms with E-state index in [4.69, 9.17) is 4.74 Å². The summed E-state index contributed by atoms with van der Waals surface area (Å²) in [7, 11) is 0. The maximum Gasteiger partial charge on any atom is 0.363 e. The van der Waals surface area contributed by atoms with Crippen molar-refractivity contribution < 1.29 is 9.66 Å². The van der Waals surface area contributed by atoms with E-state index in [9.17, 15) is 10.1 Å². The first-order valence-electron chi connectivity index (χ1n) is 8.07. The monoisotopic (exact) mass is 389 g/mol. The van der Waals surface area contributed by atoms with Gasteiger partial charge in [-0.2, -0.15) is 0 Å². The summed E-state index contributed by atoms with van der Waals surface area (Å²) in [6.07, 6.45) is 3.72. The maximum absolute atomic E-state index is 10.7. The van der Waals surface area contributed by atoms with Gasteiger partial charge in [0.25, 0.3) is 0 Å². The summed E-state index contributed by atoms with van der Waals surface area (Å²) in [5.74, 6) is 0.641. The molecule has 0 bridgehead atoms. The average molecular weight is 389 g/mol. The van der Waals surface area contributed by atoms with Crippen molar-refractivity contribution in [2.24, 2.45) is 0 Å². The minimum absolute atomic E-state index is 0.152. The molecule has 3 aromatic rings. The number of thiophene rings is 1. The number of ether oxygens (including phenoxy) is 1. The Kier molecular flexibility index (Phi) is 4.96. The Hall–Kier alpha value is -2.30. The normalized spacial score (nSPS) is 16.8. The van der Waals surface area contributed by atoms with E-state index in [1.165, 1.54) is 24.0 Å². The van der Waals surface area contributed by atoms with E-state index in [0.717, 1.165) is 40.2 Å². The van der Waals surface area contributed by atoms with Crippen LogP contribution in [0, 0.1) is 10.1 Å². The molecule has 0 spiro atoms. The Balaban J connectivity index is 1.63. The molecule has 1 fully saturated rings. The number of aromatic nitrogens is 4. The van der Waals surface area contributed by atoms with Gasteiger partial charge in [-0.25, -0.2) is 0 Å². The molecule has 0 N–H and O–H groups in total. The molecule has 0 unspecified atom stereocenters. The molecule has 26 heavy (non-hydrogen) atoms. The van der Waals surface area contributed by atoms with E-state index < -0.39 is 4.92 Å². The van der Waals surface area contributed by atoms with E-state index >= 15 is 0 Å². The number of hydrogen-bond donors (Lipinski definition) is 0. The van der Waals surface area contributed by atoms with Crippen molar-refractivity contribution in [2.45, 2.75) is 35.5 Å². The van der Waals surface area contributed by atoms with E-state index in [1.54, 1.807) is 17.4 Å². The van der Waals surface area contributed by atoms with Crippen molar-refractivity contribution in [3.05, 3.63) is 46.0 Å². The second-order valence-electron chi connectivity index (χ2n) is 5.74. The van der Waals surface area contributed by atoms with Crippen LogP contribution in [0.1, 0.15) is 12.8 Å². The summed E-state index contributed by atoms with van der Waals surface area (Å²) >= 11 is 3.00. The third-order valence-corrected chi connectivity index (χ3v) is 5.81. The SMILES string of the molecule is O=[N+]([O-])c1ccc(Sc2nnc(-c3cccs3)n2C[C@@H]2CCCO2)cn1. The van der Waals surface area contributed by atoms with Gasteiger partial charge in [0, 0.05) is 12.7 Å². The minimum Gasteiger partial charge on any atom is -0.376 e. The lowest BCUT2D eigenvalue weighted by molar-refractivity contribution is -0.389. The summed E-state index contributed by atoms with van der Waals surface area (Å²) < 4.78 is 7.84. The second kappa shape index (κ2) is 7.52. The lowest BCUT2D eigenvalue weighted by Crippen LogP contribution is -2.16. The van der Waals surface area contributed by atoms with Crippen LogP contribution in [-0.2, 0) is 11.3 Å². The van der Waals surface area contributed by atoms with Crippen molar-refractivity contribution in [3.8, 4) is 10.7 Å². The van der Waals surface area contributed by atoms with Crippen LogP contribution in [-0.4, -0.2) is 37.4 Å². The summed E-state index contributed by atoms with van der Waals surface area (Å²) in [4.78, 5) is 15.9. The van der Waals surface area contributed by atoms with Crippen molar-refractivity contribution >= 4 is 28.9 Å². The molecule has 134 valence electrons. The van der Waals surface area contributed by atoms with Gasteiger partial charge in [0.05, 0.1) is 22.4 Å². The fourth-order valence-electron chi connectivity index (χ4n) is 2.76. The molecule has 0 aromatic carbocycles. The van der Waals surface area contributed by atoms with E-state index in [-0.39, 0.29) is 11.9 Å². The first kappa shape index (κ1) is 17.1. The molecule has 10 heteroatoms. The summed E-state index contributed by atoms with van der Waals surface area (Å²) in [6, 6.07) is 7.07. The lowest BCUT2D eigenvalue weighted by atomic mass is 10.2. The lowest BCUT2D eigenvalue weighted by Gasteiger charge is -2.14. The predicted octanol–water partition coefficient (Wildman–Crippen LogP) is 3.64. The van der Waals surface area contributed by atoms with Gasteiger partial charge < -0.3 is 14.9 Å². The maximum atomic E-state index is 10.7. The average Bonchev–Trinajstić information content (AvgIpc) is 3.39. The Morgan fingerprint density at radius 1 is 1.38 bits per heavy atom. The third-order valence-electron chi connectivity index (χ3n) is 3.99. The van der Waals surface area contributed by atoms with Crippen molar-refractivity contribution in [2.75, 3.05) is 6.61 Å². The largest absolute Gasteiger partial charge is 0.376 e. The van der Waals surface area contributed by atoms with Gasteiger partial charge in [-0.05, 0) is 52.0 Å².